The maximum Gasteiger partial charge on any atom is 0.0557 e. The topological polar surface area (TPSA) is 20.2 Å². The largest absolute Gasteiger partial charge is 0.393 e. The van der Waals surface area contributed by atoms with E-state index in [-0.39, 0.29) is 11.5 Å². The number of hydrogen-bond acceptors (Lipinski definition) is 1. The van der Waals surface area contributed by atoms with Crippen molar-refractivity contribution >= 4 is 0 Å². The summed E-state index contributed by atoms with van der Waals surface area (Å²) in [5.41, 5.74) is 1.69. The summed E-state index contributed by atoms with van der Waals surface area (Å²) in [6.07, 6.45) is 4.29. The molecule has 0 saturated heterocycles. The Bertz CT molecular complexity index is 323. The summed E-state index contributed by atoms with van der Waals surface area (Å²) in [6.45, 7) is 4.54. The molecule has 1 nitrogen and oxygen atoms in total. The van der Waals surface area contributed by atoms with Crippen molar-refractivity contribution in [2.75, 3.05) is 0 Å². The molecule has 0 aliphatic heterocycles. The Kier molecular flexibility index (Phi) is 3.34. The van der Waals surface area contributed by atoms with Crippen LogP contribution in [0.15, 0.2) is 30.3 Å². The summed E-state index contributed by atoms with van der Waals surface area (Å²) in [4.78, 5) is 0. The van der Waals surface area contributed by atoms with Gasteiger partial charge in [-0.25, -0.2) is 0 Å². The second-order valence-corrected chi connectivity index (χ2v) is 5.64. The normalized spacial score (nSPS) is 29.1. The molecule has 0 amide bonds. The van der Waals surface area contributed by atoms with Crippen molar-refractivity contribution in [3.8, 4) is 0 Å². The first-order valence-electron chi connectivity index (χ1n) is 6.36. The van der Waals surface area contributed by atoms with Gasteiger partial charge in [0, 0.05) is 5.41 Å². The Morgan fingerprint density at radius 1 is 1.25 bits per heavy atom. The fraction of sp³-hybridized carbons (Fsp3) is 0.600. The average molecular weight is 218 g/mol. The fourth-order valence-corrected chi connectivity index (χ4v) is 2.78. The number of benzene rings is 1. The predicted octanol–water partition coefficient (Wildman–Crippen LogP) is 3.52. The molecule has 0 bridgehead atoms. The highest BCUT2D eigenvalue weighted by atomic mass is 16.3. The lowest BCUT2D eigenvalue weighted by molar-refractivity contribution is 0.0106. The Morgan fingerprint density at radius 2 is 1.88 bits per heavy atom. The third kappa shape index (κ3) is 2.30. The van der Waals surface area contributed by atoms with Gasteiger partial charge >= 0.3 is 0 Å². The van der Waals surface area contributed by atoms with Crippen LogP contribution in [0, 0.1) is 5.92 Å². The summed E-state index contributed by atoms with van der Waals surface area (Å²) in [5.74, 6) is 0.748. The van der Waals surface area contributed by atoms with Crippen LogP contribution in [0.3, 0.4) is 0 Å². The lowest BCUT2D eigenvalue weighted by Crippen LogP contribution is -2.44. The van der Waals surface area contributed by atoms with Gasteiger partial charge in [-0.1, -0.05) is 50.6 Å². The Hall–Kier alpha value is -0.820. The van der Waals surface area contributed by atoms with Crippen molar-refractivity contribution < 1.29 is 5.11 Å². The van der Waals surface area contributed by atoms with Crippen LogP contribution in [0.4, 0.5) is 0 Å². The van der Waals surface area contributed by atoms with Crippen molar-refractivity contribution in [1.82, 2.24) is 0 Å². The van der Waals surface area contributed by atoms with Gasteiger partial charge in [0.2, 0.25) is 0 Å². The molecule has 1 fully saturated rings. The zero-order valence-corrected chi connectivity index (χ0v) is 10.3. The van der Waals surface area contributed by atoms with Crippen molar-refractivity contribution in [3.63, 3.8) is 0 Å². The predicted molar refractivity (Wildman–Crippen MR) is 67.4 cm³/mol. The van der Waals surface area contributed by atoms with Crippen LogP contribution in [-0.2, 0) is 5.41 Å². The van der Waals surface area contributed by atoms with E-state index in [1.54, 1.807) is 0 Å². The minimum absolute atomic E-state index is 0.0765. The van der Waals surface area contributed by atoms with E-state index in [1.165, 1.54) is 18.4 Å². The van der Waals surface area contributed by atoms with Crippen molar-refractivity contribution in [1.29, 1.82) is 0 Å². The third-order valence-corrected chi connectivity index (χ3v) is 3.84. The lowest BCUT2D eigenvalue weighted by Gasteiger charge is -2.46. The van der Waals surface area contributed by atoms with Crippen LogP contribution in [0.1, 0.15) is 45.1 Å². The van der Waals surface area contributed by atoms with Gasteiger partial charge in [0.1, 0.15) is 0 Å². The summed E-state index contributed by atoms with van der Waals surface area (Å²) < 4.78 is 0. The molecule has 1 aromatic rings. The molecule has 0 spiro atoms. The van der Waals surface area contributed by atoms with Gasteiger partial charge < -0.3 is 5.11 Å². The summed E-state index contributed by atoms with van der Waals surface area (Å²) in [5, 5.41) is 9.61. The zero-order chi connectivity index (χ0) is 11.6. The molecule has 88 valence electrons. The molecular formula is C15H22O. The van der Waals surface area contributed by atoms with Gasteiger partial charge in [-0.3, -0.25) is 0 Å². The molecule has 0 unspecified atom stereocenters. The molecule has 1 aliphatic carbocycles. The SMILES string of the molecule is CC(C)CCC1(c2ccccc2)CC(O)C1. The van der Waals surface area contributed by atoms with Gasteiger partial charge in [-0.05, 0) is 30.7 Å². The zero-order valence-electron chi connectivity index (χ0n) is 10.3. The minimum Gasteiger partial charge on any atom is -0.393 e. The maximum atomic E-state index is 9.61. The van der Waals surface area contributed by atoms with Crippen LogP contribution in [0.25, 0.3) is 0 Å². The molecule has 0 heterocycles. The molecule has 0 aromatic heterocycles. The highest BCUT2D eigenvalue weighted by molar-refractivity contribution is 5.29. The Morgan fingerprint density at radius 3 is 2.38 bits per heavy atom. The third-order valence-electron chi connectivity index (χ3n) is 3.84. The highest BCUT2D eigenvalue weighted by Gasteiger charge is 2.44. The molecule has 1 aliphatic rings. The first-order chi connectivity index (χ1) is 7.62. The van der Waals surface area contributed by atoms with E-state index in [1.807, 2.05) is 0 Å². The number of hydrogen-bond donors (Lipinski definition) is 1. The van der Waals surface area contributed by atoms with Crippen LogP contribution in [0.5, 0.6) is 0 Å². The maximum absolute atomic E-state index is 9.61. The van der Waals surface area contributed by atoms with Gasteiger partial charge in [-0.15, -0.1) is 0 Å². The highest BCUT2D eigenvalue weighted by Crippen LogP contribution is 2.47. The minimum atomic E-state index is -0.0765. The number of aliphatic hydroxyl groups is 1. The number of aliphatic hydroxyl groups excluding tert-OH is 1. The second kappa shape index (κ2) is 4.58. The summed E-state index contributed by atoms with van der Waals surface area (Å²) in [6, 6.07) is 10.7. The van der Waals surface area contributed by atoms with E-state index >= 15 is 0 Å². The number of rotatable bonds is 4. The molecule has 2 rings (SSSR count). The molecule has 1 N–H and O–H groups in total. The first kappa shape index (κ1) is 11.7. The van der Waals surface area contributed by atoms with Crippen molar-refractivity contribution in [2.45, 2.75) is 51.0 Å². The van der Waals surface area contributed by atoms with Crippen LogP contribution in [-0.4, -0.2) is 11.2 Å². The van der Waals surface area contributed by atoms with E-state index in [2.05, 4.69) is 44.2 Å². The first-order valence-corrected chi connectivity index (χ1v) is 6.36. The summed E-state index contributed by atoms with van der Waals surface area (Å²) in [7, 11) is 0. The van der Waals surface area contributed by atoms with Crippen LogP contribution >= 0.6 is 0 Å². The standard InChI is InChI=1S/C15H22O/c1-12(2)8-9-15(10-14(16)11-15)13-6-4-3-5-7-13/h3-7,12,14,16H,8-11H2,1-2H3. The van der Waals surface area contributed by atoms with Crippen LogP contribution < -0.4 is 0 Å². The van der Waals surface area contributed by atoms with Gasteiger partial charge in [-0.2, -0.15) is 0 Å². The van der Waals surface area contributed by atoms with Gasteiger partial charge in [0.15, 0.2) is 0 Å². The summed E-state index contributed by atoms with van der Waals surface area (Å²) >= 11 is 0. The van der Waals surface area contributed by atoms with Crippen molar-refractivity contribution in [3.05, 3.63) is 35.9 Å². The molecule has 1 aromatic carbocycles. The fourth-order valence-electron chi connectivity index (χ4n) is 2.78. The van der Waals surface area contributed by atoms with Crippen molar-refractivity contribution in [2.24, 2.45) is 5.92 Å². The van der Waals surface area contributed by atoms with E-state index in [4.69, 9.17) is 0 Å². The molecular weight excluding hydrogens is 196 g/mol. The van der Waals surface area contributed by atoms with E-state index < -0.39 is 0 Å². The van der Waals surface area contributed by atoms with E-state index in [9.17, 15) is 5.11 Å². The average Bonchev–Trinajstić information content (AvgIpc) is 2.24. The second-order valence-electron chi connectivity index (χ2n) is 5.64. The Balaban J connectivity index is 2.11. The van der Waals surface area contributed by atoms with Crippen LogP contribution in [0.2, 0.25) is 0 Å². The molecule has 16 heavy (non-hydrogen) atoms. The molecule has 0 atom stereocenters. The molecule has 1 heteroatoms. The Labute approximate surface area is 98.5 Å². The van der Waals surface area contributed by atoms with E-state index in [0.717, 1.165) is 18.8 Å². The monoisotopic (exact) mass is 218 g/mol. The smallest absolute Gasteiger partial charge is 0.0557 e. The molecule has 0 radical (unpaired) electrons. The van der Waals surface area contributed by atoms with E-state index in [0.29, 0.717) is 0 Å². The lowest BCUT2D eigenvalue weighted by atomic mass is 9.60. The molecule has 1 saturated carbocycles. The van der Waals surface area contributed by atoms with Gasteiger partial charge in [0.25, 0.3) is 0 Å². The quantitative estimate of drug-likeness (QED) is 0.820. The van der Waals surface area contributed by atoms with Gasteiger partial charge in [0.05, 0.1) is 6.10 Å².